The van der Waals surface area contributed by atoms with E-state index in [-0.39, 0.29) is 0 Å². The van der Waals surface area contributed by atoms with Crippen molar-refractivity contribution in [1.82, 2.24) is 10.3 Å². The van der Waals surface area contributed by atoms with E-state index >= 15 is 0 Å². The Labute approximate surface area is 91.1 Å². The van der Waals surface area contributed by atoms with Gasteiger partial charge in [-0.05, 0) is 37.5 Å². The zero-order valence-corrected chi connectivity index (χ0v) is 9.38. The topological polar surface area (TPSA) is 27.8 Å². The molecule has 0 amide bonds. The summed E-state index contributed by atoms with van der Waals surface area (Å²) in [5, 5.41) is 3.48. The van der Waals surface area contributed by atoms with Gasteiger partial charge in [0.15, 0.2) is 0 Å². The highest BCUT2D eigenvalue weighted by atomic mass is 14.9. The van der Waals surface area contributed by atoms with Gasteiger partial charge < -0.3 is 10.3 Å². The van der Waals surface area contributed by atoms with Gasteiger partial charge in [0.1, 0.15) is 0 Å². The summed E-state index contributed by atoms with van der Waals surface area (Å²) in [6.07, 6.45) is 7.53. The number of hydrogen-bond donors (Lipinski definition) is 2. The molecule has 0 aromatic carbocycles. The molecule has 1 unspecified atom stereocenters. The molecular formula is C13H18N2. The van der Waals surface area contributed by atoms with Gasteiger partial charge in [-0.2, -0.15) is 0 Å². The first-order valence-electron chi connectivity index (χ1n) is 5.49. The number of aromatic nitrogens is 1. The lowest BCUT2D eigenvalue weighted by atomic mass is 9.93. The van der Waals surface area contributed by atoms with Crippen LogP contribution in [0.2, 0.25) is 0 Å². The molecule has 0 saturated heterocycles. The van der Waals surface area contributed by atoms with Crippen LogP contribution in [0.5, 0.6) is 0 Å². The van der Waals surface area contributed by atoms with E-state index in [1.807, 2.05) is 12.3 Å². The molecule has 2 N–H and O–H groups in total. The Morgan fingerprint density at radius 3 is 3.00 bits per heavy atom. The Morgan fingerprint density at radius 1 is 1.47 bits per heavy atom. The van der Waals surface area contributed by atoms with Gasteiger partial charge in [0.05, 0.1) is 6.54 Å². The molecule has 0 bridgehead atoms. The van der Waals surface area contributed by atoms with Gasteiger partial charge in [-0.1, -0.05) is 18.6 Å². The molecule has 1 aliphatic rings. The van der Waals surface area contributed by atoms with Gasteiger partial charge >= 0.3 is 0 Å². The lowest BCUT2D eigenvalue weighted by Crippen LogP contribution is -2.20. The average Bonchev–Trinajstić information content (AvgIpc) is 2.69. The molecule has 2 rings (SSSR count). The minimum Gasteiger partial charge on any atom is -0.383 e. The van der Waals surface area contributed by atoms with E-state index in [4.69, 9.17) is 0 Å². The van der Waals surface area contributed by atoms with Gasteiger partial charge in [0.2, 0.25) is 0 Å². The number of hydrogen-bond acceptors (Lipinski definition) is 1. The quantitative estimate of drug-likeness (QED) is 0.775. The Bertz CT molecular complexity index is 371. The highest BCUT2D eigenvalue weighted by Crippen LogP contribution is 2.22. The fourth-order valence-corrected chi connectivity index (χ4v) is 1.97. The zero-order valence-electron chi connectivity index (χ0n) is 9.38. The number of allylic oxidation sites excluding steroid dienone is 4. The zero-order chi connectivity index (χ0) is 10.7. The molecule has 0 fully saturated rings. The van der Waals surface area contributed by atoms with Crippen LogP contribution in [0.15, 0.2) is 41.8 Å². The first-order valence-corrected chi connectivity index (χ1v) is 5.49. The number of H-pyrrole nitrogens is 1. The summed E-state index contributed by atoms with van der Waals surface area (Å²) >= 11 is 0. The second kappa shape index (κ2) is 4.39. The molecule has 2 nitrogen and oxygen atoms in total. The van der Waals surface area contributed by atoms with Crippen LogP contribution in [-0.4, -0.2) is 4.98 Å². The molecular weight excluding hydrogens is 184 g/mol. The lowest BCUT2D eigenvalue weighted by Gasteiger charge is -2.21. The first kappa shape index (κ1) is 10.1. The van der Waals surface area contributed by atoms with Crippen molar-refractivity contribution in [3.05, 3.63) is 47.4 Å². The van der Waals surface area contributed by atoms with Crippen LogP contribution in [0.25, 0.3) is 0 Å². The van der Waals surface area contributed by atoms with Crippen molar-refractivity contribution in [2.24, 2.45) is 5.92 Å². The molecule has 1 heterocycles. The second-order valence-corrected chi connectivity index (χ2v) is 4.29. The lowest BCUT2D eigenvalue weighted by molar-refractivity contribution is 0.586. The maximum absolute atomic E-state index is 3.48. The summed E-state index contributed by atoms with van der Waals surface area (Å²) in [7, 11) is 0. The molecule has 15 heavy (non-hydrogen) atoms. The van der Waals surface area contributed by atoms with E-state index in [9.17, 15) is 0 Å². The van der Waals surface area contributed by atoms with E-state index in [1.165, 1.54) is 23.4 Å². The highest BCUT2D eigenvalue weighted by Gasteiger charge is 2.12. The summed E-state index contributed by atoms with van der Waals surface area (Å²) < 4.78 is 0. The Hall–Kier alpha value is -1.44. The molecule has 80 valence electrons. The van der Waals surface area contributed by atoms with E-state index in [0.29, 0.717) is 5.92 Å². The second-order valence-electron chi connectivity index (χ2n) is 4.29. The van der Waals surface area contributed by atoms with Crippen molar-refractivity contribution in [2.45, 2.75) is 26.8 Å². The third-order valence-corrected chi connectivity index (χ3v) is 2.85. The summed E-state index contributed by atoms with van der Waals surface area (Å²) in [6, 6.07) is 4.13. The monoisotopic (exact) mass is 202 g/mol. The molecule has 1 aromatic heterocycles. The van der Waals surface area contributed by atoms with Gasteiger partial charge in [0.25, 0.3) is 0 Å². The SMILES string of the molecule is CC1=CC=C(NCc2ccc[nH]2)C(C)C1. The molecule has 1 aromatic rings. The van der Waals surface area contributed by atoms with E-state index < -0.39 is 0 Å². The summed E-state index contributed by atoms with van der Waals surface area (Å²) in [5.41, 5.74) is 4.04. The standard InChI is InChI=1S/C13H18N2/c1-10-5-6-13(11(2)8-10)15-9-12-4-3-7-14-12/h3-7,11,14-15H,8-9H2,1-2H3. The molecule has 0 saturated carbocycles. The van der Waals surface area contributed by atoms with Gasteiger partial charge in [0, 0.05) is 17.6 Å². The van der Waals surface area contributed by atoms with Crippen molar-refractivity contribution >= 4 is 0 Å². The normalized spacial score (nSPS) is 20.8. The highest BCUT2D eigenvalue weighted by molar-refractivity contribution is 5.24. The summed E-state index contributed by atoms with van der Waals surface area (Å²) in [4.78, 5) is 3.20. The molecule has 1 aliphatic carbocycles. The van der Waals surface area contributed by atoms with Gasteiger partial charge in [-0.25, -0.2) is 0 Å². The van der Waals surface area contributed by atoms with Crippen molar-refractivity contribution in [2.75, 3.05) is 0 Å². The number of nitrogens with one attached hydrogen (secondary N) is 2. The fraction of sp³-hybridized carbons (Fsp3) is 0.385. The molecule has 0 spiro atoms. The molecule has 0 aliphatic heterocycles. The predicted octanol–water partition coefficient (Wildman–Crippen LogP) is 2.97. The van der Waals surface area contributed by atoms with Crippen LogP contribution in [0.3, 0.4) is 0 Å². The van der Waals surface area contributed by atoms with Crippen molar-refractivity contribution in [3.63, 3.8) is 0 Å². The van der Waals surface area contributed by atoms with Crippen molar-refractivity contribution < 1.29 is 0 Å². The molecule has 1 atom stereocenters. The van der Waals surface area contributed by atoms with Crippen LogP contribution in [0.1, 0.15) is 26.0 Å². The Kier molecular flexibility index (Phi) is 2.95. The predicted molar refractivity (Wildman–Crippen MR) is 63.3 cm³/mol. The minimum atomic E-state index is 0.616. The van der Waals surface area contributed by atoms with Crippen LogP contribution in [0.4, 0.5) is 0 Å². The molecule has 2 heteroatoms. The molecule has 0 radical (unpaired) electrons. The smallest absolute Gasteiger partial charge is 0.0548 e. The van der Waals surface area contributed by atoms with Crippen LogP contribution >= 0.6 is 0 Å². The van der Waals surface area contributed by atoms with Crippen molar-refractivity contribution in [3.8, 4) is 0 Å². The van der Waals surface area contributed by atoms with Crippen molar-refractivity contribution in [1.29, 1.82) is 0 Å². The van der Waals surface area contributed by atoms with Crippen LogP contribution in [0, 0.1) is 5.92 Å². The Morgan fingerprint density at radius 2 is 2.33 bits per heavy atom. The van der Waals surface area contributed by atoms with Crippen LogP contribution in [-0.2, 0) is 6.54 Å². The summed E-state index contributed by atoms with van der Waals surface area (Å²) in [5.74, 6) is 0.616. The van der Waals surface area contributed by atoms with E-state index in [0.717, 1.165) is 6.54 Å². The number of rotatable bonds is 3. The van der Waals surface area contributed by atoms with Gasteiger partial charge in [-0.3, -0.25) is 0 Å². The maximum atomic E-state index is 3.48. The third kappa shape index (κ3) is 2.52. The van der Waals surface area contributed by atoms with Gasteiger partial charge in [-0.15, -0.1) is 0 Å². The van der Waals surface area contributed by atoms with E-state index in [2.05, 4.69) is 42.4 Å². The first-order chi connectivity index (χ1) is 7.25. The third-order valence-electron chi connectivity index (χ3n) is 2.85. The largest absolute Gasteiger partial charge is 0.383 e. The fourth-order valence-electron chi connectivity index (χ4n) is 1.97. The minimum absolute atomic E-state index is 0.616. The summed E-state index contributed by atoms with van der Waals surface area (Å²) in [6.45, 7) is 5.34. The maximum Gasteiger partial charge on any atom is 0.0548 e. The average molecular weight is 202 g/mol. The Balaban J connectivity index is 1.95. The van der Waals surface area contributed by atoms with E-state index in [1.54, 1.807) is 0 Å². The number of aromatic amines is 1. The van der Waals surface area contributed by atoms with Crippen LogP contribution < -0.4 is 5.32 Å².